The molecule has 0 aromatic heterocycles. The third kappa shape index (κ3) is 1.18. The highest BCUT2D eigenvalue weighted by molar-refractivity contribution is 5.55. The quantitative estimate of drug-likeness (QED) is 0.749. The number of ether oxygens (including phenoxy) is 2. The van der Waals surface area contributed by atoms with Crippen molar-refractivity contribution < 1.29 is 9.47 Å². The van der Waals surface area contributed by atoms with Crippen LogP contribution in [0.15, 0.2) is 22.7 Å². The summed E-state index contributed by atoms with van der Waals surface area (Å²) in [5.74, 6) is 1.40. The number of rotatable bonds is 2. The summed E-state index contributed by atoms with van der Waals surface area (Å²) in [7, 11) is 3.15. The minimum absolute atomic E-state index is 0.209. The SMILES string of the molecule is COC1=C(C#N)C2(C)C(C#N)=C(OC)CC2(C)C1. The van der Waals surface area contributed by atoms with Crippen LogP contribution in [0.4, 0.5) is 0 Å². The fraction of sp³-hybridized carbons (Fsp3) is 0.571. The molecule has 0 aliphatic heterocycles. The second kappa shape index (κ2) is 3.78. The van der Waals surface area contributed by atoms with Gasteiger partial charge in [0.15, 0.2) is 0 Å². The number of hydrogen-bond acceptors (Lipinski definition) is 4. The summed E-state index contributed by atoms with van der Waals surface area (Å²) < 4.78 is 10.7. The Hall–Kier alpha value is -1.94. The molecule has 94 valence electrons. The summed E-state index contributed by atoms with van der Waals surface area (Å²) in [6, 6.07) is 4.45. The van der Waals surface area contributed by atoms with Crippen molar-refractivity contribution in [3.8, 4) is 12.1 Å². The van der Waals surface area contributed by atoms with E-state index in [0.29, 0.717) is 35.5 Å². The number of nitrogens with zero attached hydrogens (tertiary/aromatic N) is 2. The molecule has 0 N–H and O–H groups in total. The Labute approximate surface area is 107 Å². The standard InChI is InChI=1S/C14H16N2O2/c1-13-5-11(17-3)9(7-15)14(13,2)10(8-16)12(6-13)18-4/h5-6H2,1-4H3. The molecule has 0 heterocycles. The van der Waals surface area contributed by atoms with Crippen LogP contribution in [0.25, 0.3) is 0 Å². The van der Waals surface area contributed by atoms with Gasteiger partial charge in [-0.15, -0.1) is 0 Å². The molecule has 0 aromatic carbocycles. The first-order valence-electron chi connectivity index (χ1n) is 5.84. The van der Waals surface area contributed by atoms with Gasteiger partial charge in [0.25, 0.3) is 0 Å². The van der Waals surface area contributed by atoms with Crippen LogP contribution in [-0.4, -0.2) is 14.2 Å². The molecular formula is C14H16N2O2. The Morgan fingerprint density at radius 3 is 1.61 bits per heavy atom. The average molecular weight is 244 g/mol. The average Bonchev–Trinajstić information content (AvgIpc) is 2.70. The van der Waals surface area contributed by atoms with Gasteiger partial charge in [-0.05, 0) is 12.3 Å². The molecule has 0 atom stereocenters. The lowest BCUT2D eigenvalue weighted by atomic mass is 9.64. The van der Waals surface area contributed by atoms with E-state index in [1.807, 2.05) is 6.92 Å². The molecule has 2 aliphatic carbocycles. The molecule has 0 bridgehead atoms. The maximum Gasteiger partial charge on any atom is 0.111 e. The number of hydrogen-bond donors (Lipinski definition) is 0. The highest BCUT2D eigenvalue weighted by Gasteiger charge is 2.62. The van der Waals surface area contributed by atoms with Gasteiger partial charge in [-0.3, -0.25) is 0 Å². The van der Waals surface area contributed by atoms with Crippen LogP contribution in [0.2, 0.25) is 0 Å². The molecular weight excluding hydrogens is 228 g/mol. The van der Waals surface area contributed by atoms with Crippen LogP contribution in [0.5, 0.6) is 0 Å². The number of nitriles is 2. The van der Waals surface area contributed by atoms with Crippen molar-refractivity contribution in [1.82, 2.24) is 0 Å². The van der Waals surface area contributed by atoms with Gasteiger partial charge in [-0.25, -0.2) is 0 Å². The topological polar surface area (TPSA) is 66.0 Å². The summed E-state index contributed by atoms with van der Waals surface area (Å²) in [4.78, 5) is 0. The monoisotopic (exact) mass is 244 g/mol. The molecule has 0 amide bonds. The fourth-order valence-corrected chi connectivity index (χ4v) is 3.28. The van der Waals surface area contributed by atoms with Crippen LogP contribution in [0.3, 0.4) is 0 Å². The largest absolute Gasteiger partial charge is 0.500 e. The molecule has 0 fully saturated rings. The normalized spacial score (nSPS) is 34.1. The van der Waals surface area contributed by atoms with Gasteiger partial charge in [-0.1, -0.05) is 6.92 Å². The Balaban J connectivity index is 2.69. The Kier molecular flexibility index (Phi) is 2.63. The number of fused-ring (bicyclic) bond motifs is 1. The molecule has 18 heavy (non-hydrogen) atoms. The minimum atomic E-state index is -0.590. The van der Waals surface area contributed by atoms with Gasteiger partial charge in [0.1, 0.15) is 11.5 Å². The van der Waals surface area contributed by atoms with E-state index in [-0.39, 0.29) is 5.41 Å². The molecule has 4 heteroatoms. The molecule has 0 saturated heterocycles. The van der Waals surface area contributed by atoms with Crippen molar-refractivity contribution in [2.45, 2.75) is 26.7 Å². The van der Waals surface area contributed by atoms with Crippen molar-refractivity contribution >= 4 is 0 Å². The van der Waals surface area contributed by atoms with Crippen LogP contribution >= 0.6 is 0 Å². The summed E-state index contributed by atoms with van der Waals surface area (Å²) in [6.07, 6.45) is 1.34. The van der Waals surface area contributed by atoms with Crippen molar-refractivity contribution in [1.29, 1.82) is 10.5 Å². The van der Waals surface area contributed by atoms with Crippen molar-refractivity contribution in [2.24, 2.45) is 10.8 Å². The number of allylic oxidation sites excluding steroid dienone is 4. The summed E-state index contributed by atoms with van der Waals surface area (Å²) in [5, 5.41) is 18.8. The van der Waals surface area contributed by atoms with E-state index in [0.717, 1.165) is 0 Å². The summed E-state index contributed by atoms with van der Waals surface area (Å²) in [5.41, 5.74) is 0.333. The first-order chi connectivity index (χ1) is 8.48. The Bertz CT molecular complexity index is 501. The van der Waals surface area contributed by atoms with Gasteiger partial charge < -0.3 is 9.47 Å². The molecule has 2 rings (SSSR count). The predicted octanol–water partition coefficient (Wildman–Crippen LogP) is 2.65. The summed E-state index contributed by atoms with van der Waals surface area (Å²) in [6.45, 7) is 4.03. The maximum absolute atomic E-state index is 9.41. The van der Waals surface area contributed by atoms with E-state index in [2.05, 4.69) is 19.1 Å². The van der Waals surface area contributed by atoms with Crippen molar-refractivity contribution in [3.63, 3.8) is 0 Å². The Morgan fingerprint density at radius 2 is 1.33 bits per heavy atom. The third-order valence-corrected chi connectivity index (χ3v) is 4.58. The Morgan fingerprint density at radius 1 is 0.944 bits per heavy atom. The van der Waals surface area contributed by atoms with E-state index in [1.54, 1.807) is 14.2 Å². The summed E-state index contributed by atoms with van der Waals surface area (Å²) >= 11 is 0. The van der Waals surface area contributed by atoms with Crippen molar-refractivity contribution in [2.75, 3.05) is 14.2 Å². The van der Waals surface area contributed by atoms with Gasteiger partial charge in [0, 0.05) is 12.8 Å². The highest BCUT2D eigenvalue weighted by atomic mass is 16.5. The second-order valence-electron chi connectivity index (χ2n) is 5.27. The van der Waals surface area contributed by atoms with Crippen LogP contribution < -0.4 is 0 Å². The third-order valence-electron chi connectivity index (χ3n) is 4.58. The molecule has 0 radical (unpaired) electrons. The molecule has 2 aliphatic rings. The first kappa shape index (κ1) is 12.5. The van der Waals surface area contributed by atoms with Gasteiger partial charge >= 0.3 is 0 Å². The van der Waals surface area contributed by atoms with Crippen LogP contribution in [0, 0.1) is 33.5 Å². The zero-order chi connectivity index (χ0) is 13.6. The van der Waals surface area contributed by atoms with E-state index < -0.39 is 5.41 Å². The highest BCUT2D eigenvalue weighted by Crippen LogP contribution is 2.66. The van der Waals surface area contributed by atoms with E-state index >= 15 is 0 Å². The minimum Gasteiger partial charge on any atom is -0.500 e. The smallest absolute Gasteiger partial charge is 0.111 e. The zero-order valence-corrected chi connectivity index (χ0v) is 11.1. The fourth-order valence-electron chi connectivity index (χ4n) is 3.28. The zero-order valence-electron chi connectivity index (χ0n) is 11.1. The van der Waals surface area contributed by atoms with E-state index in [4.69, 9.17) is 9.47 Å². The molecule has 0 aromatic rings. The van der Waals surface area contributed by atoms with Gasteiger partial charge in [-0.2, -0.15) is 10.5 Å². The molecule has 0 spiro atoms. The van der Waals surface area contributed by atoms with E-state index in [1.165, 1.54) is 0 Å². The predicted molar refractivity (Wildman–Crippen MR) is 64.7 cm³/mol. The van der Waals surface area contributed by atoms with E-state index in [9.17, 15) is 10.5 Å². The molecule has 0 unspecified atom stereocenters. The van der Waals surface area contributed by atoms with Gasteiger partial charge in [0.2, 0.25) is 0 Å². The molecule has 4 nitrogen and oxygen atoms in total. The van der Waals surface area contributed by atoms with Gasteiger partial charge in [0.05, 0.1) is 42.9 Å². The maximum atomic E-state index is 9.41. The first-order valence-corrected chi connectivity index (χ1v) is 5.84. The molecule has 0 saturated carbocycles. The lowest BCUT2D eigenvalue weighted by Crippen LogP contribution is -2.31. The second-order valence-corrected chi connectivity index (χ2v) is 5.27. The van der Waals surface area contributed by atoms with Crippen molar-refractivity contribution in [3.05, 3.63) is 22.7 Å². The lowest BCUT2D eigenvalue weighted by Gasteiger charge is -2.34. The van der Waals surface area contributed by atoms with Crippen LogP contribution in [0.1, 0.15) is 26.7 Å². The lowest BCUT2D eigenvalue weighted by molar-refractivity contribution is 0.168. The number of methoxy groups -OCH3 is 2. The van der Waals surface area contributed by atoms with Crippen LogP contribution in [-0.2, 0) is 9.47 Å².